The first-order valence-corrected chi connectivity index (χ1v) is 7.69. The Morgan fingerprint density at radius 1 is 1.59 bits per heavy atom. The molecule has 1 aliphatic heterocycles. The van der Waals surface area contributed by atoms with Crippen molar-refractivity contribution in [3.8, 4) is 0 Å². The number of nitrogens with one attached hydrogen (secondary N) is 1. The molecule has 0 aliphatic carbocycles. The van der Waals surface area contributed by atoms with Crippen LogP contribution in [-0.4, -0.2) is 50.9 Å². The first-order chi connectivity index (χ1) is 7.80. The van der Waals surface area contributed by atoms with E-state index in [0.717, 1.165) is 16.7 Å². The molecule has 17 heavy (non-hydrogen) atoms. The number of rotatable bonds is 2. The Labute approximate surface area is 124 Å². The molecule has 4 nitrogen and oxygen atoms in total. The largest absolute Gasteiger partial charge is 0.331 e. The van der Waals surface area contributed by atoms with Crippen molar-refractivity contribution in [1.82, 2.24) is 10.2 Å². The number of carbonyl (C=O) groups is 1. The van der Waals surface area contributed by atoms with E-state index in [9.17, 15) is 4.79 Å². The quantitative estimate of drug-likeness (QED) is 0.623. The van der Waals surface area contributed by atoms with E-state index in [1.165, 1.54) is 16.7 Å². The highest BCUT2D eigenvalue weighted by atomic mass is 35.6. The summed E-state index contributed by atoms with van der Waals surface area (Å²) in [6, 6.07) is -0.308. The molecule has 1 rings (SSSR count). The highest BCUT2D eigenvalue weighted by Gasteiger charge is 2.36. The van der Waals surface area contributed by atoms with E-state index in [1.54, 1.807) is 25.9 Å². The molecule has 1 atom stereocenters. The number of thioether (sulfide) groups is 2. The van der Waals surface area contributed by atoms with E-state index < -0.39 is 9.17 Å². The van der Waals surface area contributed by atoms with Crippen LogP contribution in [0.3, 0.4) is 0 Å². The van der Waals surface area contributed by atoms with Crippen molar-refractivity contribution < 1.29 is 4.79 Å². The van der Waals surface area contributed by atoms with Crippen molar-refractivity contribution in [3.05, 3.63) is 0 Å². The zero-order chi connectivity index (χ0) is 13.1. The first-order valence-electron chi connectivity index (χ1n) is 4.69. The Morgan fingerprint density at radius 2 is 2.24 bits per heavy atom. The Morgan fingerprint density at radius 3 is 2.65 bits per heavy atom. The van der Waals surface area contributed by atoms with Crippen LogP contribution in [0.15, 0.2) is 4.99 Å². The SMILES string of the molecule is CN(C)C(=O)N[C@@H](SC1=NCCS1)C(Cl)(Cl)Cl. The number of alkyl halides is 3. The van der Waals surface area contributed by atoms with Gasteiger partial charge in [0.15, 0.2) is 0 Å². The van der Waals surface area contributed by atoms with Gasteiger partial charge in [-0.3, -0.25) is 4.99 Å². The molecule has 0 bridgehead atoms. The number of halogens is 3. The van der Waals surface area contributed by atoms with Crippen LogP contribution >= 0.6 is 58.3 Å². The van der Waals surface area contributed by atoms with Crippen LogP contribution in [0.5, 0.6) is 0 Å². The predicted molar refractivity (Wildman–Crippen MR) is 78.6 cm³/mol. The summed E-state index contributed by atoms with van der Waals surface area (Å²) in [6.07, 6.45) is 0. The monoisotopic (exact) mass is 335 g/mol. The van der Waals surface area contributed by atoms with Gasteiger partial charge in [0.1, 0.15) is 9.75 Å². The third kappa shape index (κ3) is 5.34. The molecule has 0 aromatic carbocycles. The van der Waals surface area contributed by atoms with Crippen molar-refractivity contribution in [2.45, 2.75) is 9.17 Å². The maximum Gasteiger partial charge on any atom is 0.317 e. The van der Waals surface area contributed by atoms with Crippen molar-refractivity contribution in [1.29, 1.82) is 0 Å². The van der Waals surface area contributed by atoms with Crippen molar-refractivity contribution in [3.63, 3.8) is 0 Å². The molecule has 0 unspecified atom stereocenters. The number of urea groups is 1. The van der Waals surface area contributed by atoms with Gasteiger partial charge in [-0.15, -0.1) is 0 Å². The second-order valence-electron chi connectivity index (χ2n) is 3.38. The zero-order valence-corrected chi connectivity index (χ0v) is 13.1. The molecule has 0 saturated carbocycles. The van der Waals surface area contributed by atoms with Gasteiger partial charge in [0.2, 0.25) is 3.79 Å². The van der Waals surface area contributed by atoms with E-state index in [1.807, 2.05) is 0 Å². The lowest BCUT2D eigenvalue weighted by molar-refractivity contribution is 0.216. The van der Waals surface area contributed by atoms with Crippen LogP contribution in [-0.2, 0) is 0 Å². The third-order valence-electron chi connectivity index (χ3n) is 1.73. The molecular weight excluding hydrogens is 325 g/mol. The van der Waals surface area contributed by atoms with E-state index >= 15 is 0 Å². The van der Waals surface area contributed by atoms with Crippen molar-refractivity contribution in [2.24, 2.45) is 4.99 Å². The number of nitrogens with zero attached hydrogens (tertiary/aromatic N) is 2. The van der Waals surface area contributed by atoms with Crippen molar-refractivity contribution >= 4 is 68.7 Å². The summed E-state index contributed by atoms with van der Waals surface area (Å²) in [5.41, 5.74) is 0. The van der Waals surface area contributed by atoms with Gasteiger partial charge in [-0.05, 0) is 0 Å². The fraction of sp³-hybridized carbons (Fsp3) is 0.750. The van der Waals surface area contributed by atoms with Gasteiger partial charge in [0, 0.05) is 19.8 Å². The molecule has 1 heterocycles. The maximum atomic E-state index is 11.6. The summed E-state index contributed by atoms with van der Waals surface area (Å²) in [5, 5.41) is 1.98. The number of carbonyl (C=O) groups excluding carboxylic acids is 1. The number of hydrogen-bond acceptors (Lipinski definition) is 4. The van der Waals surface area contributed by atoms with E-state index in [-0.39, 0.29) is 6.03 Å². The molecule has 1 aliphatic rings. The highest BCUT2D eigenvalue weighted by Crippen LogP contribution is 2.39. The average molecular weight is 337 g/mol. The third-order valence-corrected chi connectivity index (χ3v) is 5.22. The summed E-state index contributed by atoms with van der Waals surface area (Å²) in [6.45, 7) is 0.765. The average Bonchev–Trinajstić information content (AvgIpc) is 2.67. The van der Waals surface area contributed by atoms with Gasteiger partial charge >= 0.3 is 6.03 Å². The van der Waals surface area contributed by atoms with Gasteiger partial charge in [0.05, 0.1) is 6.54 Å². The number of hydrogen-bond donors (Lipinski definition) is 1. The van der Waals surface area contributed by atoms with Gasteiger partial charge in [-0.25, -0.2) is 4.79 Å². The normalized spacial score (nSPS) is 17.6. The molecule has 0 aromatic rings. The maximum absolute atomic E-state index is 11.6. The summed E-state index contributed by atoms with van der Waals surface area (Å²) < 4.78 is -0.748. The number of aliphatic imine (C=N–C) groups is 1. The minimum atomic E-state index is -1.58. The Balaban J connectivity index is 2.64. The van der Waals surface area contributed by atoms with Crippen LogP contribution in [0.25, 0.3) is 0 Å². The number of amides is 2. The fourth-order valence-electron chi connectivity index (χ4n) is 0.907. The van der Waals surface area contributed by atoms with E-state index in [2.05, 4.69) is 10.3 Å². The summed E-state index contributed by atoms with van der Waals surface area (Å²) in [7, 11) is 3.24. The van der Waals surface area contributed by atoms with Crippen LogP contribution < -0.4 is 5.32 Å². The molecule has 0 fully saturated rings. The highest BCUT2D eigenvalue weighted by molar-refractivity contribution is 8.39. The molecular formula is C8H12Cl3N3OS2. The lowest BCUT2D eigenvalue weighted by atomic mass is 10.7. The van der Waals surface area contributed by atoms with Gasteiger partial charge in [-0.1, -0.05) is 58.3 Å². The molecule has 1 N–H and O–H groups in total. The van der Waals surface area contributed by atoms with Gasteiger partial charge in [-0.2, -0.15) is 0 Å². The summed E-state index contributed by atoms with van der Waals surface area (Å²) in [4.78, 5) is 17.2. The molecule has 98 valence electrons. The lowest BCUT2D eigenvalue weighted by Gasteiger charge is -2.26. The van der Waals surface area contributed by atoms with Crippen LogP contribution in [0.2, 0.25) is 0 Å². The summed E-state index contributed by atoms with van der Waals surface area (Å²) >= 11 is 20.4. The molecule has 9 heteroatoms. The Bertz CT molecular complexity index is 320. The second kappa shape index (κ2) is 6.61. The van der Waals surface area contributed by atoms with Gasteiger partial charge in [0.25, 0.3) is 0 Å². The minimum absolute atomic E-state index is 0.308. The zero-order valence-electron chi connectivity index (χ0n) is 9.24. The molecule has 0 spiro atoms. The van der Waals surface area contributed by atoms with Crippen LogP contribution in [0.4, 0.5) is 4.79 Å². The van der Waals surface area contributed by atoms with Gasteiger partial charge < -0.3 is 10.2 Å². The van der Waals surface area contributed by atoms with E-state index in [4.69, 9.17) is 34.8 Å². The smallest absolute Gasteiger partial charge is 0.317 e. The first kappa shape index (κ1) is 15.6. The standard InChI is InChI=1S/C8H12Cl3N3OS2/c1-14(2)6(15)13-5(8(9,10)11)17-7-12-3-4-16-7/h5H,3-4H2,1-2H3,(H,13,15)/t5-/m0/s1. The van der Waals surface area contributed by atoms with Crippen LogP contribution in [0.1, 0.15) is 0 Å². The molecule has 0 radical (unpaired) electrons. The Kier molecular flexibility index (Phi) is 6.05. The van der Waals surface area contributed by atoms with Crippen molar-refractivity contribution in [2.75, 3.05) is 26.4 Å². The summed E-state index contributed by atoms with van der Waals surface area (Å²) in [5.74, 6) is 0.927. The van der Waals surface area contributed by atoms with E-state index in [0.29, 0.717) is 0 Å². The minimum Gasteiger partial charge on any atom is -0.331 e. The topological polar surface area (TPSA) is 44.7 Å². The lowest BCUT2D eigenvalue weighted by Crippen LogP contribution is -2.46. The fourth-order valence-corrected chi connectivity index (χ4v) is 3.48. The van der Waals surface area contributed by atoms with Crippen LogP contribution in [0, 0.1) is 0 Å². The molecule has 0 saturated heterocycles. The second-order valence-corrected chi connectivity index (χ2v) is 8.18. The predicted octanol–water partition coefficient (Wildman–Crippen LogP) is 2.79. The Hall–Kier alpha value is 0.510. The molecule has 2 amide bonds. The molecule has 0 aromatic heterocycles.